The lowest BCUT2D eigenvalue weighted by Crippen LogP contribution is -2.18. The maximum atomic E-state index is 12.6. The Morgan fingerprint density at radius 1 is 1.10 bits per heavy atom. The molecule has 148 valence electrons. The molecule has 3 rings (SSSR count). The van der Waals surface area contributed by atoms with Crippen molar-refractivity contribution in [1.82, 2.24) is 9.78 Å². The molecule has 2 N–H and O–H groups in total. The summed E-state index contributed by atoms with van der Waals surface area (Å²) < 4.78 is 1.52. The van der Waals surface area contributed by atoms with Crippen LogP contribution >= 0.6 is 0 Å². The fourth-order valence-corrected chi connectivity index (χ4v) is 2.70. The predicted octanol–water partition coefficient (Wildman–Crippen LogP) is 3.62. The number of nitrogens with one attached hydrogen (secondary N) is 2. The van der Waals surface area contributed by atoms with Gasteiger partial charge in [0.25, 0.3) is 17.5 Å². The van der Waals surface area contributed by atoms with Gasteiger partial charge in [0.2, 0.25) is 0 Å². The molecule has 9 heteroatoms. The largest absolute Gasteiger partial charge is 0.321 e. The summed E-state index contributed by atoms with van der Waals surface area (Å²) in [6.07, 6.45) is 1.54. The quantitative estimate of drug-likeness (QED) is 0.490. The fraction of sp³-hybridized carbons (Fsp3) is 0.150. The monoisotopic (exact) mass is 393 g/mol. The Morgan fingerprint density at radius 3 is 2.48 bits per heavy atom. The van der Waals surface area contributed by atoms with Gasteiger partial charge < -0.3 is 10.6 Å². The highest BCUT2D eigenvalue weighted by Gasteiger charge is 2.21. The minimum Gasteiger partial charge on any atom is -0.321 e. The molecule has 1 aromatic heterocycles. The summed E-state index contributed by atoms with van der Waals surface area (Å²) in [5.41, 5.74) is 1.27. The number of benzene rings is 2. The van der Waals surface area contributed by atoms with Gasteiger partial charge in [0, 0.05) is 35.6 Å². The van der Waals surface area contributed by atoms with Crippen molar-refractivity contribution in [2.24, 2.45) is 0 Å². The number of rotatable bonds is 6. The molecule has 0 radical (unpaired) electrons. The molecule has 2 aromatic carbocycles. The van der Waals surface area contributed by atoms with E-state index >= 15 is 0 Å². The van der Waals surface area contributed by atoms with Crippen molar-refractivity contribution in [3.63, 3.8) is 0 Å². The number of amides is 2. The van der Waals surface area contributed by atoms with E-state index in [2.05, 4.69) is 15.7 Å². The van der Waals surface area contributed by atoms with Crippen LogP contribution in [0.5, 0.6) is 0 Å². The van der Waals surface area contributed by atoms with E-state index in [-0.39, 0.29) is 22.6 Å². The summed E-state index contributed by atoms with van der Waals surface area (Å²) >= 11 is 0. The van der Waals surface area contributed by atoms with Crippen LogP contribution in [-0.4, -0.2) is 26.5 Å². The Kier molecular flexibility index (Phi) is 5.68. The SMILES string of the molecule is CCn1cc(NC(=O)c2ccc(C)c([N+](=O)[O-])c2)c(C(=O)Nc2ccccc2)n1. The average molecular weight is 393 g/mol. The van der Waals surface area contributed by atoms with Crippen molar-refractivity contribution in [2.45, 2.75) is 20.4 Å². The molecule has 0 saturated carbocycles. The van der Waals surface area contributed by atoms with Gasteiger partial charge in [-0.1, -0.05) is 24.3 Å². The van der Waals surface area contributed by atoms with Gasteiger partial charge in [0.1, 0.15) is 0 Å². The molecule has 29 heavy (non-hydrogen) atoms. The van der Waals surface area contributed by atoms with E-state index in [0.717, 1.165) is 0 Å². The Labute approximate surface area is 166 Å². The van der Waals surface area contributed by atoms with Gasteiger partial charge in [-0.3, -0.25) is 24.4 Å². The second-order valence-electron chi connectivity index (χ2n) is 6.28. The number of nitro groups is 1. The first-order chi connectivity index (χ1) is 13.9. The van der Waals surface area contributed by atoms with Crippen LogP contribution in [0.3, 0.4) is 0 Å². The maximum Gasteiger partial charge on any atom is 0.278 e. The summed E-state index contributed by atoms with van der Waals surface area (Å²) in [7, 11) is 0. The van der Waals surface area contributed by atoms with Crippen molar-refractivity contribution in [3.8, 4) is 0 Å². The smallest absolute Gasteiger partial charge is 0.278 e. The second kappa shape index (κ2) is 8.34. The molecule has 0 fully saturated rings. The van der Waals surface area contributed by atoms with Crippen LogP contribution in [-0.2, 0) is 6.54 Å². The lowest BCUT2D eigenvalue weighted by atomic mass is 10.1. The summed E-state index contributed by atoms with van der Waals surface area (Å²) in [5, 5.41) is 20.7. The zero-order valence-electron chi connectivity index (χ0n) is 15.9. The molecule has 9 nitrogen and oxygen atoms in total. The Balaban J connectivity index is 1.86. The number of aryl methyl sites for hydroxylation is 2. The molecule has 1 heterocycles. The van der Waals surface area contributed by atoms with E-state index in [1.54, 1.807) is 37.4 Å². The van der Waals surface area contributed by atoms with Crippen LogP contribution < -0.4 is 10.6 Å². The van der Waals surface area contributed by atoms with E-state index < -0.39 is 16.7 Å². The molecule has 0 aliphatic rings. The average Bonchev–Trinajstić information content (AvgIpc) is 3.12. The number of carbonyl (C=O) groups is 2. The molecule has 3 aromatic rings. The molecular formula is C20H19N5O4. The summed E-state index contributed by atoms with van der Waals surface area (Å²) in [6.45, 7) is 3.94. The number of para-hydroxylation sites is 1. The van der Waals surface area contributed by atoms with Crippen LogP contribution in [0.2, 0.25) is 0 Å². The summed E-state index contributed by atoms with van der Waals surface area (Å²) in [6, 6.07) is 13.1. The number of hydrogen-bond acceptors (Lipinski definition) is 5. The van der Waals surface area contributed by atoms with Crippen LogP contribution in [0.25, 0.3) is 0 Å². The van der Waals surface area contributed by atoms with E-state index in [4.69, 9.17) is 0 Å². The van der Waals surface area contributed by atoms with Gasteiger partial charge in [-0.25, -0.2) is 0 Å². The Hall–Kier alpha value is -4.01. The first-order valence-corrected chi connectivity index (χ1v) is 8.89. The highest BCUT2D eigenvalue weighted by atomic mass is 16.6. The third-order valence-corrected chi connectivity index (χ3v) is 4.25. The van der Waals surface area contributed by atoms with Gasteiger partial charge >= 0.3 is 0 Å². The molecule has 0 saturated heterocycles. The minimum absolute atomic E-state index is 0.0469. The number of hydrogen-bond donors (Lipinski definition) is 2. The molecule has 0 spiro atoms. The van der Waals surface area contributed by atoms with E-state index in [9.17, 15) is 19.7 Å². The molecular weight excluding hydrogens is 374 g/mol. The number of aromatic nitrogens is 2. The van der Waals surface area contributed by atoms with E-state index in [1.807, 2.05) is 13.0 Å². The Bertz CT molecular complexity index is 1080. The van der Waals surface area contributed by atoms with Crippen molar-refractivity contribution < 1.29 is 14.5 Å². The molecule has 0 aliphatic carbocycles. The third kappa shape index (κ3) is 4.46. The van der Waals surface area contributed by atoms with Crippen molar-refractivity contribution in [3.05, 3.63) is 81.7 Å². The zero-order chi connectivity index (χ0) is 21.0. The first kappa shape index (κ1) is 19.7. The topological polar surface area (TPSA) is 119 Å². The first-order valence-electron chi connectivity index (χ1n) is 8.89. The summed E-state index contributed by atoms with van der Waals surface area (Å²) in [5.74, 6) is -1.05. The number of carbonyl (C=O) groups excluding carboxylic acids is 2. The van der Waals surface area contributed by atoms with Gasteiger partial charge in [-0.2, -0.15) is 5.10 Å². The van der Waals surface area contributed by atoms with Gasteiger partial charge in [-0.15, -0.1) is 0 Å². The normalized spacial score (nSPS) is 10.4. The van der Waals surface area contributed by atoms with E-state index in [0.29, 0.717) is 17.8 Å². The van der Waals surface area contributed by atoms with Crippen molar-refractivity contribution in [1.29, 1.82) is 0 Å². The zero-order valence-corrected chi connectivity index (χ0v) is 15.9. The van der Waals surface area contributed by atoms with Gasteiger partial charge in [0.15, 0.2) is 5.69 Å². The van der Waals surface area contributed by atoms with Crippen LogP contribution in [0.1, 0.15) is 33.3 Å². The highest BCUT2D eigenvalue weighted by Crippen LogP contribution is 2.22. The molecule has 0 atom stereocenters. The standard InChI is InChI=1S/C20H19N5O4/c1-3-24-12-16(18(23-24)20(27)21-15-7-5-4-6-8-15)22-19(26)14-10-9-13(2)17(11-14)25(28)29/h4-12H,3H2,1-2H3,(H,21,27)(H,22,26). The molecule has 2 amide bonds. The summed E-state index contributed by atoms with van der Waals surface area (Å²) in [4.78, 5) is 35.9. The molecule has 0 unspecified atom stereocenters. The fourth-order valence-electron chi connectivity index (χ4n) is 2.70. The lowest BCUT2D eigenvalue weighted by Gasteiger charge is -2.07. The highest BCUT2D eigenvalue weighted by molar-refractivity contribution is 6.11. The van der Waals surface area contributed by atoms with Crippen LogP contribution in [0.4, 0.5) is 17.1 Å². The third-order valence-electron chi connectivity index (χ3n) is 4.25. The van der Waals surface area contributed by atoms with Crippen LogP contribution in [0, 0.1) is 17.0 Å². The predicted molar refractivity (Wildman–Crippen MR) is 108 cm³/mol. The minimum atomic E-state index is -0.572. The maximum absolute atomic E-state index is 12.6. The van der Waals surface area contributed by atoms with Crippen molar-refractivity contribution >= 4 is 28.9 Å². The van der Waals surface area contributed by atoms with E-state index in [1.165, 1.54) is 22.9 Å². The van der Waals surface area contributed by atoms with Crippen LogP contribution in [0.15, 0.2) is 54.7 Å². The molecule has 0 bridgehead atoms. The Morgan fingerprint density at radius 2 is 1.83 bits per heavy atom. The number of nitro benzene ring substituents is 1. The van der Waals surface area contributed by atoms with Gasteiger partial charge in [0.05, 0.1) is 10.6 Å². The second-order valence-corrected chi connectivity index (χ2v) is 6.28. The van der Waals surface area contributed by atoms with Crippen molar-refractivity contribution in [2.75, 3.05) is 10.6 Å². The molecule has 0 aliphatic heterocycles. The van der Waals surface area contributed by atoms with Gasteiger partial charge in [-0.05, 0) is 32.0 Å². The number of nitrogens with zero attached hydrogens (tertiary/aromatic N) is 3. The number of anilines is 2. The lowest BCUT2D eigenvalue weighted by molar-refractivity contribution is -0.385.